The minimum absolute atomic E-state index is 0.0648. The number of ether oxygens (including phenoxy) is 1. The summed E-state index contributed by atoms with van der Waals surface area (Å²) in [6.07, 6.45) is 0.310. The minimum atomic E-state index is -4.72. The summed E-state index contributed by atoms with van der Waals surface area (Å²) in [5.74, 6) is -3.25. The Labute approximate surface area is 283 Å². The highest BCUT2D eigenvalue weighted by atomic mass is 19.4. The van der Waals surface area contributed by atoms with E-state index in [1.807, 2.05) is 0 Å². The molecule has 5 aromatic rings. The first kappa shape index (κ1) is 33.4. The van der Waals surface area contributed by atoms with Crippen molar-refractivity contribution in [1.29, 1.82) is 0 Å². The number of aromatic nitrogens is 3. The number of alkyl halides is 3. The second-order valence-electron chi connectivity index (χ2n) is 12.6. The molecule has 50 heavy (non-hydrogen) atoms. The van der Waals surface area contributed by atoms with Gasteiger partial charge in [0, 0.05) is 86.3 Å². The lowest BCUT2D eigenvalue weighted by Gasteiger charge is -2.29. The van der Waals surface area contributed by atoms with Crippen LogP contribution in [0.25, 0.3) is 33.1 Å². The molecule has 1 atom stereocenters. The Bertz CT molecular complexity index is 2190. The number of carbonyl (C=O) groups is 2. The molecule has 0 bridgehead atoms. The summed E-state index contributed by atoms with van der Waals surface area (Å²) in [5.41, 5.74) is -0.165. The number of likely N-dealkylation sites (N-methyl/N-ethyl adjacent to an activating group) is 1. The highest BCUT2D eigenvalue weighted by molar-refractivity contribution is 6.19. The quantitative estimate of drug-likeness (QED) is 0.117. The van der Waals surface area contributed by atoms with Crippen LogP contribution >= 0.6 is 0 Å². The number of nitrogens with one attached hydrogen (secondary N) is 2. The van der Waals surface area contributed by atoms with Gasteiger partial charge in [-0.2, -0.15) is 13.2 Å². The van der Waals surface area contributed by atoms with Gasteiger partial charge >= 0.3 is 6.18 Å². The highest BCUT2D eigenvalue weighted by Crippen LogP contribution is 2.49. The summed E-state index contributed by atoms with van der Waals surface area (Å²) < 4.78 is 83.6. The first-order valence-corrected chi connectivity index (χ1v) is 16.1. The first-order chi connectivity index (χ1) is 23.8. The maximum Gasteiger partial charge on any atom is 0.417 e. The molecule has 260 valence electrons. The van der Waals surface area contributed by atoms with Crippen molar-refractivity contribution in [2.75, 3.05) is 43.6 Å². The smallest absolute Gasteiger partial charge is 0.380 e. The molecule has 14 heteroatoms. The Morgan fingerprint density at radius 1 is 1.10 bits per heavy atom. The molecule has 2 N–H and O–H groups in total. The number of imidazole rings is 1. The van der Waals surface area contributed by atoms with Crippen LogP contribution in [-0.4, -0.2) is 65.2 Å². The number of anilines is 2. The molecular formula is C36H33F5N6O3. The Hall–Kier alpha value is -5.08. The average Bonchev–Trinajstić information content (AvgIpc) is 3.79. The number of hydrogen-bond donors (Lipinski definition) is 2. The van der Waals surface area contributed by atoms with Crippen LogP contribution in [0.3, 0.4) is 0 Å². The maximum atomic E-state index is 15.2. The molecule has 2 aliphatic rings. The van der Waals surface area contributed by atoms with E-state index in [2.05, 4.69) is 15.6 Å². The lowest BCUT2D eigenvalue weighted by molar-refractivity contribution is -0.137. The fourth-order valence-electron chi connectivity index (χ4n) is 6.82. The van der Waals surface area contributed by atoms with Crippen LogP contribution in [0.4, 0.5) is 33.3 Å². The van der Waals surface area contributed by atoms with Crippen LogP contribution in [0.15, 0.2) is 54.7 Å². The highest BCUT2D eigenvalue weighted by Gasteiger charge is 2.39. The molecule has 0 unspecified atom stereocenters. The van der Waals surface area contributed by atoms with E-state index in [1.165, 1.54) is 12.3 Å². The number of aryl methyl sites for hydroxylation is 2. The Morgan fingerprint density at radius 3 is 2.56 bits per heavy atom. The van der Waals surface area contributed by atoms with Gasteiger partial charge in [-0.15, -0.1) is 0 Å². The zero-order valence-electron chi connectivity index (χ0n) is 27.4. The largest absolute Gasteiger partial charge is 0.417 e. The summed E-state index contributed by atoms with van der Waals surface area (Å²) in [6.45, 7) is 3.89. The van der Waals surface area contributed by atoms with Gasteiger partial charge in [-0.1, -0.05) is 24.3 Å². The van der Waals surface area contributed by atoms with Crippen molar-refractivity contribution >= 4 is 45.0 Å². The predicted molar refractivity (Wildman–Crippen MR) is 179 cm³/mol. The molecule has 0 saturated carbocycles. The van der Waals surface area contributed by atoms with Gasteiger partial charge in [0.1, 0.15) is 28.7 Å². The third kappa shape index (κ3) is 5.81. The fourth-order valence-corrected chi connectivity index (χ4v) is 6.82. The normalized spacial score (nSPS) is 16.3. The standard InChI is InChI=1S/C36H33F5N6O3/c1-19-43-32-28(46(19)3)16-25(36(39,40)41)30-23-7-4-6-22-24(17-47(33(22)23)12-11-45(2)34(30)32)35(49)20-14-26(37)31(27(38)15-20)44-29(48)8-5-10-42-21-9-13-50-18-21/h4-8,14-17,21,42H,9-13,18H2,1-3H3,(H,44,48)/b8-5+/t21-/m0/s1. The molecule has 0 aliphatic carbocycles. The van der Waals surface area contributed by atoms with Gasteiger partial charge < -0.3 is 29.4 Å². The number of rotatable bonds is 7. The lowest BCUT2D eigenvalue weighted by atomic mass is 9.92. The van der Waals surface area contributed by atoms with Crippen molar-refractivity contribution in [3.63, 3.8) is 0 Å². The van der Waals surface area contributed by atoms with Gasteiger partial charge in [0.05, 0.1) is 28.9 Å². The number of halogens is 5. The number of amides is 1. The van der Waals surface area contributed by atoms with Crippen molar-refractivity contribution in [3.05, 3.63) is 88.9 Å². The zero-order chi connectivity index (χ0) is 35.5. The molecule has 2 aliphatic heterocycles. The van der Waals surface area contributed by atoms with Crippen LogP contribution in [0.5, 0.6) is 0 Å². The van der Waals surface area contributed by atoms with Crippen LogP contribution in [0.2, 0.25) is 0 Å². The minimum Gasteiger partial charge on any atom is -0.380 e. The number of benzene rings is 3. The predicted octanol–water partition coefficient (Wildman–Crippen LogP) is 6.35. The fraction of sp³-hybridized carbons (Fsp3) is 0.306. The van der Waals surface area contributed by atoms with E-state index in [4.69, 9.17) is 4.74 Å². The van der Waals surface area contributed by atoms with Gasteiger partial charge in [-0.3, -0.25) is 9.59 Å². The third-order valence-corrected chi connectivity index (χ3v) is 9.43. The van der Waals surface area contributed by atoms with E-state index in [0.717, 1.165) is 30.7 Å². The number of carbonyl (C=O) groups excluding carboxylic acids is 2. The molecule has 7 rings (SSSR count). The second-order valence-corrected chi connectivity index (χ2v) is 12.6. The van der Waals surface area contributed by atoms with Crippen molar-refractivity contribution in [2.24, 2.45) is 7.05 Å². The van der Waals surface area contributed by atoms with E-state index in [-0.39, 0.29) is 34.8 Å². The van der Waals surface area contributed by atoms with E-state index in [1.54, 1.807) is 53.3 Å². The van der Waals surface area contributed by atoms with Crippen molar-refractivity contribution in [3.8, 4) is 11.1 Å². The van der Waals surface area contributed by atoms with Crippen LogP contribution < -0.4 is 15.5 Å². The monoisotopic (exact) mass is 692 g/mol. The van der Waals surface area contributed by atoms with Gasteiger partial charge in [-0.05, 0) is 31.5 Å². The van der Waals surface area contributed by atoms with Crippen LogP contribution in [0, 0.1) is 18.6 Å². The SMILES string of the molecule is Cc1nc2c3c(c(C(F)(F)F)cc2n1C)-c1cccc2c(C(=O)c4cc(F)c(NC(=O)/C=C/CN[C@H]5CCOC5)c(F)c4)cn(c12)CCN3C. The summed E-state index contributed by atoms with van der Waals surface area (Å²) >= 11 is 0. The van der Waals surface area contributed by atoms with Gasteiger partial charge in [-0.25, -0.2) is 13.8 Å². The van der Waals surface area contributed by atoms with Crippen molar-refractivity contribution in [2.45, 2.75) is 32.1 Å². The van der Waals surface area contributed by atoms with Crippen LogP contribution in [-0.2, 0) is 29.3 Å². The van der Waals surface area contributed by atoms with Crippen molar-refractivity contribution < 1.29 is 36.3 Å². The Kier molecular flexibility index (Phi) is 8.47. The number of fused-ring (bicyclic) bond motifs is 4. The summed E-state index contributed by atoms with van der Waals surface area (Å²) in [5, 5.41) is 5.70. The lowest BCUT2D eigenvalue weighted by Crippen LogP contribution is -2.29. The van der Waals surface area contributed by atoms with E-state index < -0.39 is 40.8 Å². The number of ketones is 1. The van der Waals surface area contributed by atoms with Gasteiger partial charge in [0.15, 0.2) is 5.78 Å². The molecule has 0 spiro atoms. The van der Waals surface area contributed by atoms with E-state index in [0.29, 0.717) is 59.8 Å². The Balaban J connectivity index is 1.26. The molecule has 9 nitrogen and oxygen atoms in total. The van der Waals surface area contributed by atoms with E-state index >= 15 is 8.78 Å². The number of para-hydroxylation sites is 1. The third-order valence-electron chi connectivity index (χ3n) is 9.43. The number of hydrogen-bond acceptors (Lipinski definition) is 6. The zero-order valence-corrected chi connectivity index (χ0v) is 27.4. The van der Waals surface area contributed by atoms with Crippen molar-refractivity contribution in [1.82, 2.24) is 19.4 Å². The van der Waals surface area contributed by atoms with Gasteiger partial charge in [0.2, 0.25) is 5.91 Å². The first-order valence-electron chi connectivity index (χ1n) is 16.1. The number of nitrogens with zero attached hydrogens (tertiary/aromatic N) is 4. The second kappa shape index (κ2) is 12.7. The molecule has 3 aromatic carbocycles. The maximum absolute atomic E-state index is 15.2. The molecule has 4 heterocycles. The average molecular weight is 693 g/mol. The Morgan fingerprint density at radius 2 is 1.86 bits per heavy atom. The summed E-state index contributed by atoms with van der Waals surface area (Å²) in [6, 6.07) is 7.69. The van der Waals surface area contributed by atoms with E-state index in [9.17, 15) is 22.8 Å². The topological polar surface area (TPSA) is 93.4 Å². The summed E-state index contributed by atoms with van der Waals surface area (Å²) in [7, 11) is 3.37. The summed E-state index contributed by atoms with van der Waals surface area (Å²) in [4.78, 5) is 32.6. The molecule has 2 aromatic heterocycles. The molecule has 1 fully saturated rings. The molecule has 0 radical (unpaired) electrons. The van der Waals surface area contributed by atoms with Crippen LogP contribution in [0.1, 0.15) is 33.7 Å². The molecule has 1 amide bonds. The van der Waals surface area contributed by atoms with Gasteiger partial charge in [0.25, 0.3) is 0 Å². The molecule has 1 saturated heterocycles. The molecular weight excluding hydrogens is 659 g/mol.